The maximum Gasteiger partial charge on any atom is 0.190 e. The highest BCUT2D eigenvalue weighted by atomic mass is 19.1. The third kappa shape index (κ3) is 2.93. The molecule has 0 amide bonds. The monoisotopic (exact) mass is 285 g/mol. The Morgan fingerprint density at radius 3 is 2.76 bits per heavy atom. The molecule has 1 fully saturated rings. The first-order chi connectivity index (χ1) is 10.3. The largest absolute Gasteiger partial charge is 0.301 e. The Hall–Kier alpha value is -2.26. The molecule has 0 aliphatic carbocycles. The summed E-state index contributed by atoms with van der Waals surface area (Å²) in [6.07, 6.45) is 2.47. The summed E-state index contributed by atoms with van der Waals surface area (Å²) in [5, 5.41) is 17.1. The van der Waals surface area contributed by atoms with Crippen LogP contribution in [0.15, 0.2) is 24.3 Å². The molecular weight excluding hydrogens is 269 g/mol. The van der Waals surface area contributed by atoms with Gasteiger partial charge in [0.2, 0.25) is 0 Å². The van der Waals surface area contributed by atoms with Gasteiger partial charge in [-0.3, -0.25) is 0 Å². The van der Waals surface area contributed by atoms with E-state index in [0.29, 0.717) is 17.8 Å². The van der Waals surface area contributed by atoms with Crippen molar-refractivity contribution in [1.82, 2.24) is 19.9 Å². The summed E-state index contributed by atoms with van der Waals surface area (Å²) in [5.41, 5.74) is 1.47. The second-order valence-corrected chi connectivity index (χ2v) is 5.18. The lowest BCUT2D eigenvalue weighted by Gasteiger charge is -2.15. The maximum atomic E-state index is 13.4. The first kappa shape index (κ1) is 13.7. The van der Waals surface area contributed by atoms with Gasteiger partial charge < -0.3 is 4.90 Å². The Morgan fingerprint density at radius 1 is 1.24 bits per heavy atom. The van der Waals surface area contributed by atoms with E-state index in [4.69, 9.17) is 0 Å². The summed E-state index contributed by atoms with van der Waals surface area (Å²) in [6, 6.07) is 8.22. The van der Waals surface area contributed by atoms with Crippen LogP contribution in [0.3, 0.4) is 0 Å². The fraction of sp³-hybridized carbons (Fsp3) is 0.400. The molecule has 2 heterocycles. The first-order valence-electron chi connectivity index (χ1n) is 7.10. The molecule has 0 radical (unpaired) electrons. The zero-order valence-electron chi connectivity index (χ0n) is 11.7. The molecule has 1 saturated heterocycles. The van der Waals surface area contributed by atoms with E-state index in [1.165, 1.54) is 25.0 Å². The van der Waals surface area contributed by atoms with Crippen LogP contribution in [0.2, 0.25) is 0 Å². The fourth-order valence-electron chi connectivity index (χ4n) is 2.71. The van der Waals surface area contributed by atoms with Crippen LogP contribution < -0.4 is 0 Å². The number of halogens is 1. The minimum absolute atomic E-state index is 0.238. The highest BCUT2D eigenvalue weighted by molar-refractivity contribution is 5.64. The summed E-state index contributed by atoms with van der Waals surface area (Å²) in [4.78, 5) is 2.36. The van der Waals surface area contributed by atoms with Gasteiger partial charge in [0.05, 0.1) is 6.54 Å². The maximum absolute atomic E-state index is 13.4. The molecule has 0 bridgehead atoms. The molecule has 1 aromatic heterocycles. The summed E-state index contributed by atoms with van der Waals surface area (Å²) < 4.78 is 15.1. The van der Waals surface area contributed by atoms with Crippen LogP contribution in [-0.4, -0.2) is 39.5 Å². The first-order valence-corrected chi connectivity index (χ1v) is 7.10. The molecule has 1 aromatic carbocycles. The number of hydrogen-bond acceptors (Lipinski definition) is 4. The van der Waals surface area contributed by atoms with Crippen molar-refractivity contribution in [1.29, 1.82) is 5.26 Å². The van der Waals surface area contributed by atoms with Gasteiger partial charge in [0.1, 0.15) is 17.6 Å². The second-order valence-electron chi connectivity index (χ2n) is 5.18. The lowest BCUT2D eigenvalue weighted by molar-refractivity contribution is 0.315. The smallest absolute Gasteiger partial charge is 0.190 e. The predicted molar refractivity (Wildman–Crippen MR) is 75.8 cm³/mol. The SMILES string of the molecule is N#Cc1nnn(CCN2CCCC2)c1-c1cccc(F)c1. The van der Waals surface area contributed by atoms with Gasteiger partial charge in [-0.25, -0.2) is 9.07 Å². The van der Waals surface area contributed by atoms with Crippen molar-refractivity contribution in [3.8, 4) is 17.3 Å². The summed E-state index contributed by atoms with van der Waals surface area (Å²) >= 11 is 0. The van der Waals surface area contributed by atoms with E-state index in [9.17, 15) is 9.65 Å². The quantitative estimate of drug-likeness (QED) is 0.862. The highest BCUT2D eigenvalue weighted by Gasteiger charge is 2.17. The van der Waals surface area contributed by atoms with Crippen molar-refractivity contribution in [2.45, 2.75) is 19.4 Å². The van der Waals surface area contributed by atoms with Gasteiger partial charge in [0.15, 0.2) is 5.69 Å². The Morgan fingerprint density at radius 2 is 2.05 bits per heavy atom. The average molecular weight is 285 g/mol. The number of rotatable bonds is 4. The number of nitrogens with zero attached hydrogens (tertiary/aromatic N) is 5. The van der Waals surface area contributed by atoms with Gasteiger partial charge in [0.25, 0.3) is 0 Å². The fourth-order valence-corrected chi connectivity index (χ4v) is 2.71. The molecule has 5 nitrogen and oxygen atoms in total. The lowest BCUT2D eigenvalue weighted by Crippen LogP contribution is -2.24. The molecule has 21 heavy (non-hydrogen) atoms. The minimum atomic E-state index is -0.330. The Kier molecular flexibility index (Phi) is 3.93. The Bertz CT molecular complexity index is 667. The van der Waals surface area contributed by atoms with E-state index in [0.717, 1.165) is 19.6 Å². The van der Waals surface area contributed by atoms with E-state index in [1.54, 1.807) is 16.8 Å². The molecule has 0 saturated carbocycles. The number of likely N-dealkylation sites (tertiary alicyclic amines) is 1. The van der Waals surface area contributed by atoms with E-state index in [2.05, 4.69) is 15.2 Å². The number of aromatic nitrogens is 3. The highest BCUT2D eigenvalue weighted by Crippen LogP contribution is 2.22. The van der Waals surface area contributed by atoms with Crippen molar-refractivity contribution in [2.75, 3.05) is 19.6 Å². The van der Waals surface area contributed by atoms with E-state index >= 15 is 0 Å². The minimum Gasteiger partial charge on any atom is -0.301 e. The normalized spacial score (nSPS) is 15.2. The van der Waals surface area contributed by atoms with E-state index in [1.807, 2.05) is 6.07 Å². The van der Waals surface area contributed by atoms with Crippen LogP contribution in [0.4, 0.5) is 4.39 Å². The topological polar surface area (TPSA) is 57.7 Å². The van der Waals surface area contributed by atoms with Crippen LogP contribution in [0.1, 0.15) is 18.5 Å². The molecule has 108 valence electrons. The van der Waals surface area contributed by atoms with Gasteiger partial charge in [-0.05, 0) is 38.1 Å². The van der Waals surface area contributed by atoms with Crippen molar-refractivity contribution in [3.63, 3.8) is 0 Å². The summed E-state index contributed by atoms with van der Waals surface area (Å²) in [7, 11) is 0. The van der Waals surface area contributed by atoms with E-state index < -0.39 is 0 Å². The second kappa shape index (κ2) is 6.02. The van der Waals surface area contributed by atoms with Crippen LogP contribution in [0, 0.1) is 17.1 Å². The van der Waals surface area contributed by atoms with Crippen molar-refractivity contribution in [3.05, 3.63) is 35.8 Å². The summed E-state index contributed by atoms with van der Waals surface area (Å²) in [6.45, 7) is 3.74. The van der Waals surface area contributed by atoms with E-state index in [-0.39, 0.29) is 11.5 Å². The van der Waals surface area contributed by atoms with Crippen LogP contribution in [0.25, 0.3) is 11.3 Å². The molecule has 0 N–H and O–H groups in total. The molecule has 0 unspecified atom stereocenters. The Balaban J connectivity index is 1.87. The third-order valence-electron chi connectivity index (χ3n) is 3.77. The van der Waals surface area contributed by atoms with Crippen molar-refractivity contribution in [2.24, 2.45) is 0 Å². The molecular formula is C15H16FN5. The van der Waals surface area contributed by atoms with Gasteiger partial charge >= 0.3 is 0 Å². The lowest BCUT2D eigenvalue weighted by atomic mass is 10.1. The third-order valence-corrected chi connectivity index (χ3v) is 3.77. The van der Waals surface area contributed by atoms with Crippen LogP contribution in [-0.2, 0) is 6.54 Å². The Labute approximate surface area is 122 Å². The molecule has 1 aliphatic heterocycles. The molecule has 6 heteroatoms. The molecule has 3 rings (SSSR count). The zero-order valence-corrected chi connectivity index (χ0v) is 11.7. The number of hydrogen-bond donors (Lipinski definition) is 0. The molecule has 2 aromatic rings. The number of nitriles is 1. The number of benzene rings is 1. The van der Waals surface area contributed by atoms with Gasteiger partial charge in [0, 0.05) is 12.1 Å². The van der Waals surface area contributed by atoms with Crippen molar-refractivity contribution >= 4 is 0 Å². The van der Waals surface area contributed by atoms with Gasteiger partial charge in [-0.1, -0.05) is 17.3 Å². The molecule has 0 atom stereocenters. The van der Waals surface area contributed by atoms with Crippen LogP contribution >= 0.6 is 0 Å². The molecule has 1 aliphatic rings. The van der Waals surface area contributed by atoms with Gasteiger partial charge in [-0.15, -0.1) is 5.10 Å². The summed E-state index contributed by atoms with van der Waals surface area (Å²) in [5.74, 6) is -0.330. The van der Waals surface area contributed by atoms with Crippen molar-refractivity contribution < 1.29 is 4.39 Å². The van der Waals surface area contributed by atoms with Gasteiger partial charge in [-0.2, -0.15) is 5.26 Å². The predicted octanol–water partition coefficient (Wildman–Crippen LogP) is 2.05. The van der Waals surface area contributed by atoms with Crippen LogP contribution in [0.5, 0.6) is 0 Å². The average Bonchev–Trinajstić information content (AvgIpc) is 3.14. The standard InChI is InChI=1S/C15H16FN5/c16-13-5-3-4-12(10-13)15-14(11-17)18-19-21(15)9-8-20-6-1-2-7-20/h3-5,10H,1-2,6-9H2. The molecule has 0 spiro atoms. The zero-order chi connectivity index (χ0) is 14.7.